The Morgan fingerprint density at radius 3 is 2.35 bits per heavy atom. The quantitative estimate of drug-likeness (QED) is 0.800. The Bertz CT molecular complexity index is 593. The molecule has 0 aliphatic rings. The van der Waals surface area contributed by atoms with Crippen molar-refractivity contribution < 1.29 is 14.1 Å². The van der Waals surface area contributed by atoms with Crippen molar-refractivity contribution in [3.05, 3.63) is 53.4 Å². The average Bonchev–Trinajstić information content (AvgIpc) is 2.91. The van der Waals surface area contributed by atoms with E-state index in [0.717, 1.165) is 0 Å². The molecular weight excluding hydrogens is 258 g/mol. The standard InChI is InChI=1S/C14H15N3O3/c1-10-9-12(20-17-10)14(19)16-8-7-15-13(18)11-5-3-2-4-6-11/h2-6,9H,7-8H2,1H3,(H,15,18)(H,16,19). The van der Waals surface area contributed by atoms with Crippen LogP contribution in [-0.2, 0) is 0 Å². The van der Waals surface area contributed by atoms with Gasteiger partial charge in [-0.2, -0.15) is 0 Å². The van der Waals surface area contributed by atoms with Crippen molar-refractivity contribution in [1.82, 2.24) is 15.8 Å². The molecule has 1 heterocycles. The number of amides is 2. The number of aryl methyl sites for hydroxylation is 1. The number of nitrogens with zero attached hydrogens (tertiary/aromatic N) is 1. The van der Waals surface area contributed by atoms with Crippen molar-refractivity contribution >= 4 is 11.8 Å². The van der Waals surface area contributed by atoms with E-state index in [4.69, 9.17) is 4.52 Å². The van der Waals surface area contributed by atoms with Crippen molar-refractivity contribution in [2.24, 2.45) is 0 Å². The number of carbonyl (C=O) groups is 2. The molecule has 2 rings (SSSR count). The topological polar surface area (TPSA) is 84.2 Å². The van der Waals surface area contributed by atoms with Gasteiger partial charge in [0.05, 0.1) is 5.69 Å². The second-order valence-corrected chi connectivity index (χ2v) is 4.21. The summed E-state index contributed by atoms with van der Waals surface area (Å²) in [6.45, 7) is 2.39. The van der Waals surface area contributed by atoms with E-state index in [0.29, 0.717) is 24.3 Å². The van der Waals surface area contributed by atoms with Gasteiger partial charge in [0, 0.05) is 24.7 Å². The third kappa shape index (κ3) is 3.68. The van der Waals surface area contributed by atoms with Crippen LogP contribution in [0.5, 0.6) is 0 Å². The van der Waals surface area contributed by atoms with Crippen molar-refractivity contribution in [2.75, 3.05) is 13.1 Å². The van der Waals surface area contributed by atoms with Crippen molar-refractivity contribution in [3.8, 4) is 0 Å². The smallest absolute Gasteiger partial charge is 0.289 e. The number of aromatic nitrogens is 1. The second-order valence-electron chi connectivity index (χ2n) is 4.21. The summed E-state index contributed by atoms with van der Waals surface area (Å²) >= 11 is 0. The molecule has 0 radical (unpaired) electrons. The Hall–Kier alpha value is -2.63. The lowest BCUT2D eigenvalue weighted by atomic mass is 10.2. The lowest BCUT2D eigenvalue weighted by Crippen LogP contribution is -2.34. The van der Waals surface area contributed by atoms with Crippen LogP contribution in [-0.4, -0.2) is 30.1 Å². The fourth-order valence-corrected chi connectivity index (χ4v) is 1.60. The van der Waals surface area contributed by atoms with Crippen LogP contribution in [0.25, 0.3) is 0 Å². The molecule has 2 N–H and O–H groups in total. The molecule has 0 saturated carbocycles. The highest BCUT2D eigenvalue weighted by atomic mass is 16.5. The highest BCUT2D eigenvalue weighted by Gasteiger charge is 2.10. The van der Waals surface area contributed by atoms with Crippen LogP contribution in [0.3, 0.4) is 0 Å². The minimum atomic E-state index is -0.348. The van der Waals surface area contributed by atoms with Crippen LogP contribution in [0, 0.1) is 6.92 Å². The second kappa shape index (κ2) is 6.51. The zero-order chi connectivity index (χ0) is 14.4. The van der Waals surface area contributed by atoms with Crippen molar-refractivity contribution in [3.63, 3.8) is 0 Å². The van der Waals surface area contributed by atoms with Crippen LogP contribution in [0.2, 0.25) is 0 Å². The van der Waals surface area contributed by atoms with Gasteiger partial charge in [-0.3, -0.25) is 9.59 Å². The SMILES string of the molecule is Cc1cc(C(=O)NCCNC(=O)c2ccccc2)on1. The van der Waals surface area contributed by atoms with E-state index >= 15 is 0 Å². The molecule has 20 heavy (non-hydrogen) atoms. The van der Waals surface area contributed by atoms with Gasteiger partial charge in [0.1, 0.15) is 0 Å². The minimum Gasteiger partial charge on any atom is -0.351 e. The first kappa shape index (κ1) is 13.8. The molecular formula is C14H15N3O3. The Balaban J connectivity index is 1.72. The predicted molar refractivity (Wildman–Crippen MR) is 72.3 cm³/mol. The summed E-state index contributed by atoms with van der Waals surface area (Å²) in [5.74, 6) is -0.355. The zero-order valence-corrected chi connectivity index (χ0v) is 11.1. The summed E-state index contributed by atoms with van der Waals surface area (Å²) in [4.78, 5) is 23.3. The van der Waals surface area contributed by atoms with E-state index in [9.17, 15) is 9.59 Å². The Morgan fingerprint density at radius 1 is 1.10 bits per heavy atom. The summed E-state index contributed by atoms with van der Waals surface area (Å²) in [6, 6.07) is 10.4. The third-order valence-electron chi connectivity index (χ3n) is 2.58. The Morgan fingerprint density at radius 2 is 1.75 bits per heavy atom. The normalized spacial score (nSPS) is 10.1. The predicted octanol–water partition coefficient (Wildman–Crippen LogP) is 1.14. The van der Waals surface area contributed by atoms with E-state index in [2.05, 4.69) is 15.8 Å². The van der Waals surface area contributed by atoms with Gasteiger partial charge in [-0.05, 0) is 19.1 Å². The van der Waals surface area contributed by atoms with E-state index in [-0.39, 0.29) is 17.6 Å². The molecule has 0 unspecified atom stereocenters. The molecule has 0 fully saturated rings. The number of hydrogen-bond donors (Lipinski definition) is 2. The molecule has 0 aliphatic heterocycles. The first-order valence-corrected chi connectivity index (χ1v) is 6.21. The fourth-order valence-electron chi connectivity index (χ4n) is 1.60. The lowest BCUT2D eigenvalue weighted by Gasteiger charge is -2.05. The molecule has 0 atom stereocenters. The summed E-state index contributed by atoms with van der Waals surface area (Å²) in [7, 11) is 0. The fraction of sp³-hybridized carbons (Fsp3) is 0.214. The number of rotatable bonds is 5. The molecule has 2 amide bonds. The molecule has 2 aromatic rings. The monoisotopic (exact) mass is 273 g/mol. The zero-order valence-electron chi connectivity index (χ0n) is 11.1. The number of benzene rings is 1. The van der Waals surface area contributed by atoms with Crippen LogP contribution in [0.1, 0.15) is 26.6 Å². The van der Waals surface area contributed by atoms with E-state index in [1.807, 2.05) is 6.07 Å². The molecule has 1 aromatic carbocycles. The lowest BCUT2D eigenvalue weighted by molar-refractivity contribution is 0.0903. The molecule has 104 valence electrons. The third-order valence-corrected chi connectivity index (χ3v) is 2.58. The maximum absolute atomic E-state index is 11.7. The van der Waals surface area contributed by atoms with Gasteiger partial charge >= 0.3 is 0 Å². The molecule has 0 saturated heterocycles. The van der Waals surface area contributed by atoms with E-state index < -0.39 is 0 Å². The van der Waals surface area contributed by atoms with Gasteiger partial charge in [-0.1, -0.05) is 23.4 Å². The van der Waals surface area contributed by atoms with Crippen molar-refractivity contribution in [2.45, 2.75) is 6.92 Å². The van der Waals surface area contributed by atoms with Crippen LogP contribution < -0.4 is 10.6 Å². The maximum atomic E-state index is 11.7. The maximum Gasteiger partial charge on any atom is 0.289 e. The summed E-state index contributed by atoms with van der Waals surface area (Å²) < 4.78 is 4.82. The van der Waals surface area contributed by atoms with Gasteiger partial charge in [0.15, 0.2) is 0 Å². The molecule has 0 bridgehead atoms. The molecule has 1 aromatic heterocycles. The first-order valence-electron chi connectivity index (χ1n) is 6.21. The van der Waals surface area contributed by atoms with E-state index in [1.54, 1.807) is 37.3 Å². The Labute approximate surface area is 116 Å². The first-order chi connectivity index (χ1) is 9.66. The van der Waals surface area contributed by atoms with Gasteiger partial charge in [0.2, 0.25) is 5.76 Å². The van der Waals surface area contributed by atoms with Crippen LogP contribution >= 0.6 is 0 Å². The molecule has 6 heteroatoms. The number of hydrogen-bond acceptors (Lipinski definition) is 4. The van der Waals surface area contributed by atoms with Gasteiger partial charge < -0.3 is 15.2 Å². The summed E-state index contributed by atoms with van der Waals surface area (Å²) in [5.41, 5.74) is 1.23. The van der Waals surface area contributed by atoms with Crippen molar-refractivity contribution in [1.29, 1.82) is 0 Å². The Kier molecular flexibility index (Phi) is 4.49. The molecule has 0 spiro atoms. The van der Waals surface area contributed by atoms with Gasteiger partial charge in [-0.25, -0.2) is 0 Å². The number of nitrogens with one attached hydrogen (secondary N) is 2. The van der Waals surface area contributed by atoms with E-state index in [1.165, 1.54) is 0 Å². The highest BCUT2D eigenvalue weighted by molar-refractivity contribution is 5.94. The number of carbonyl (C=O) groups excluding carboxylic acids is 2. The summed E-state index contributed by atoms with van der Waals surface area (Å²) in [6.07, 6.45) is 0. The largest absolute Gasteiger partial charge is 0.351 e. The van der Waals surface area contributed by atoms with Gasteiger partial charge in [-0.15, -0.1) is 0 Å². The van der Waals surface area contributed by atoms with Crippen LogP contribution in [0.4, 0.5) is 0 Å². The minimum absolute atomic E-state index is 0.164. The van der Waals surface area contributed by atoms with Gasteiger partial charge in [0.25, 0.3) is 11.8 Å². The molecule has 0 aliphatic carbocycles. The average molecular weight is 273 g/mol. The van der Waals surface area contributed by atoms with Crippen LogP contribution in [0.15, 0.2) is 40.9 Å². The highest BCUT2D eigenvalue weighted by Crippen LogP contribution is 2.01. The molecule has 6 nitrogen and oxygen atoms in total. The summed E-state index contributed by atoms with van der Waals surface area (Å²) in [5, 5.41) is 8.97.